The van der Waals surface area contributed by atoms with E-state index in [-0.39, 0.29) is 29.5 Å². The van der Waals surface area contributed by atoms with Crippen LogP contribution in [-0.4, -0.2) is 41.0 Å². The normalized spacial score (nSPS) is 16.5. The second-order valence-electron chi connectivity index (χ2n) is 6.85. The number of aromatic hydroxyl groups is 1. The van der Waals surface area contributed by atoms with Gasteiger partial charge in [-0.3, -0.25) is 14.5 Å². The molecule has 0 spiro atoms. The third-order valence-corrected chi connectivity index (χ3v) is 5.03. The molecule has 3 rings (SSSR count). The zero-order chi connectivity index (χ0) is 19.2. The highest BCUT2D eigenvalue weighted by Gasteiger charge is 2.30. The summed E-state index contributed by atoms with van der Waals surface area (Å²) in [7, 11) is 0. The van der Waals surface area contributed by atoms with E-state index in [2.05, 4.69) is 15.5 Å². The molecule has 1 atom stereocenters. The zero-order valence-corrected chi connectivity index (χ0v) is 15.4. The molecule has 2 aromatic carbocycles. The molecule has 6 nitrogen and oxygen atoms in total. The molecule has 2 amide bonds. The molecule has 1 heterocycles. The topological polar surface area (TPSA) is 81.7 Å². The molecule has 6 heteroatoms. The lowest BCUT2D eigenvalue weighted by Gasteiger charge is -2.34. The maximum Gasteiger partial charge on any atom is 0.241 e. The number of phenols is 1. The number of nitrogens with one attached hydrogen (secondary N) is 2. The van der Waals surface area contributed by atoms with Crippen molar-refractivity contribution in [3.05, 3.63) is 54.6 Å². The van der Waals surface area contributed by atoms with Crippen LogP contribution in [0.15, 0.2) is 54.6 Å². The molecule has 1 aliphatic rings. The third kappa shape index (κ3) is 4.86. The number of amides is 2. The second kappa shape index (κ2) is 8.68. The number of hydrogen-bond donors (Lipinski definition) is 3. The van der Waals surface area contributed by atoms with Gasteiger partial charge in [0.1, 0.15) is 5.75 Å². The Morgan fingerprint density at radius 1 is 1.00 bits per heavy atom. The van der Waals surface area contributed by atoms with E-state index in [0.717, 1.165) is 5.69 Å². The van der Waals surface area contributed by atoms with Gasteiger partial charge in [-0.1, -0.05) is 30.3 Å². The number of para-hydroxylation sites is 3. The fourth-order valence-electron chi connectivity index (χ4n) is 3.30. The van der Waals surface area contributed by atoms with Gasteiger partial charge in [-0.2, -0.15) is 0 Å². The minimum atomic E-state index is -0.257. The lowest BCUT2D eigenvalue weighted by molar-refractivity contribution is -0.123. The van der Waals surface area contributed by atoms with Gasteiger partial charge in [0.25, 0.3) is 0 Å². The quantitative estimate of drug-likeness (QED) is 0.710. The highest BCUT2D eigenvalue weighted by atomic mass is 16.3. The van der Waals surface area contributed by atoms with E-state index in [4.69, 9.17) is 0 Å². The number of nitrogens with zero attached hydrogens (tertiary/aromatic N) is 1. The number of phenolic OH excluding ortho intramolecular Hbond substituents is 1. The van der Waals surface area contributed by atoms with Gasteiger partial charge in [0.2, 0.25) is 11.8 Å². The minimum absolute atomic E-state index is 0.0432. The number of carbonyl (C=O) groups excluding carboxylic acids is 2. The molecule has 0 bridgehead atoms. The first-order chi connectivity index (χ1) is 13.0. The first-order valence-corrected chi connectivity index (χ1v) is 9.23. The van der Waals surface area contributed by atoms with Crippen LogP contribution >= 0.6 is 0 Å². The molecule has 1 aliphatic heterocycles. The van der Waals surface area contributed by atoms with Crippen molar-refractivity contribution in [1.29, 1.82) is 0 Å². The van der Waals surface area contributed by atoms with Gasteiger partial charge < -0.3 is 15.7 Å². The fraction of sp³-hybridized carbons (Fsp3) is 0.333. The van der Waals surface area contributed by atoms with Crippen LogP contribution in [0.2, 0.25) is 0 Å². The maximum atomic E-state index is 12.5. The van der Waals surface area contributed by atoms with Crippen LogP contribution in [0.4, 0.5) is 11.4 Å². The number of benzene rings is 2. The van der Waals surface area contributed by atoms with Crippen LogP contribution in [0.25, 0.3) is 0 Å². The molecule has 142 valence electrons. The van der Waals surface area contributed by atoms with Crippen molar-refractivity contribution in [3.8, 4) is 5.75 Å². The Morgan fingerprint density at radius 3 is 2.30 bits per heavy atom. The molecule has 0 unspecified atom stereocenters. The van der Waals surface area contributed by atoms with Crippen LogP contribution in [0.1, 0.15) is 19.8 Å². The third-order valence-electron chi connectivity index (χ3n) is 5.03. The van der Waals surface area contributed by atoms with Gasteiger partial charge in [0.15, 0.2) is 0 Å². The summed E-state index contributed by atoms with van der Waals surface area (Å²) in [4.78, 5) is 27.0. The van der Waals surface area contributed by atoms with E-state index in [1.807, 2.05) is 37.3 Å². The van der Waals surface area contributed by atoms with E-state index in [9.17, 15) is 14.7 Å². The summed E-state index contributed by atoms with van der Waals surface area (Å²) in [6.07, 6.45) is 1.37. The van der Waals surface area contributed by atoms with Crippen molar-refractivity contribution in [2.24, 2.45) is 5.92 Å². The second-order valence-corrected chi connectivity index (χ2v) is 6.85. The lowest BCUT2D eigenvalue weighted by Crippen LogP contribution is -2.47. The molecule has 0 aromatic heterocycles. The highest BCUT2D eigenvalue weighted by Crippen LogP contribution is 2.25. The van der Waals surface area contributed by atoms with Gasteiger partial charge in [0.05, 0.1) is 11.7 Å². The van der Waals surface area contributed by atoms with Crippen LogP contribution in [0, 0.1) is 5.92 Å². The van der Waals surface area contributed by atoms with Gasteiger partial charge in [-0.25, -0.2) is 0 Å². The standard InChI is InChI=1S/C21H25N3O3/c1-15(20(26)22-17-7-3-2-4-8-17)24-13-11-16(12-14-24)21(27)23-18-9-5-6-10-19(18)25/h2-10,15-16,25H,11-14H2,1H3,(H,22,26)(H,23,27)/t15-/m0/s1. The van der Waals surface area contributed by atoms with Crippen molar-refractivity contribution in [2.75, 3.05) is 23.7 Å². The molecule has 2 aromatic rings. The van der Waals surface area contributed by atoms with Gasteiger partial charge in [0, 0.05) is 11.6 Å². The van der Waals surface area contributed by atoms with Crippen LogP contribution in [0.3, 0.4) is 0 Å². The monoisotopic (exact) mass is 367 g/mol. The van der Waals surface area contributed by atoms with Crippen LogP contribution < -0.4 is 10.6 Å². The van der Waals surface area contributed by atoms with E-state index < -0.39 is 0 Å². The Morgan fingerprint density at radius 2 is 1.63 bits per heavy atom. The highest BCUT2D eigenvalue weighted by molar-refractivity contribution is 5.95. The number of rotatable bonds is 5. The van der Waals surface area contributed by atoms with E-state index in [0.29, 0.717) is 31.6 Å². The number of carbonyl (C=O) groups is 2. The summed E-state index contributed by atoms with van der Waals surface area (Å²) < 4.78 is 0. The molecule has 27 heavy (non-hydrogen) atoms. The average molecular weight is 367 g/mol. The number of piperidine rings is 1. The molecule has 0 aliphatic carbocycles. The summed E-state index contributed by atoms with van der Waals surface area (Å²) in [6.45, 7) is 3.26. The Kier molecular flexibility index (Phi) is 6.08. The fourth-order valence-corrected chi connectivity index (χ4v) is 3.30. The zero-order valence-electron chi connectivity index (χ0n) is 15.4. The number of anilines is 2. The molecule has 0 radical (unpaired) electrons. The summed E-state index contributed by atoms with van der Waals surface area (Å²) >= 11 is 0. The lowest BCUT2D eigenvalue weighted by atomic mass is 9.94. The number of hydrogen-bond acceptors (Lipinski definition) is 4. The molecular weight excluding hydrogens is 342 g/mol. The van der Waals surface area contributed by atoms with Crippen LogP contribution in [0.5, 0.6) is 5.75 Å². The van der Waals surface area contributed by atoms with E-state index in [1.54, 1.807) is 24.3 Å². The first kappa shape index (κ1) is 18.9. The molecule has 1 saturated heterocycles. The minimum Gasteiger partial charge on any atom is -0.506 e. The van der Waals surface area contributed by atoms with E-state index in [1.165, 1.54) is 0 Å². The molecule has 1 fully saturated rings. The predicted molar refractivity (Wildman–Crippen MR) is 106 cm³/mol. The Balaban J connectivity index is 1.50. The van der Waals surface area contributed by atoms with Gasteiger partial charge in [-0.05, 0) is 57.1 Å². The van der Waals surface area contributed by atoms with Crippen molar-refractivity contribution in [3.63, 3.8) is 0 Å². The Bertz CT molecular complexity index is 786. The van der Waals surface area contributed by atoms with Gasteiger partial charge in [-0.15, -0.1) is 0 Å². The summed E-state index contributed by atoms with van der Waals surface area (Å²) in [5, 5.41) is 15.5. The Hall–Kier alpha value is -2.86. The molecular formula is C21H25N3O3. The summed E-state index contributed by atoms with van der Waals surface area (Å²) in [6, 6.07) is 15.8. The summed E-state index contributed by atoms with van der Waals surface area (Å²) in [5.41, 5.74) is 1.21. The SMILES string of the molecule is C[C@@H](C(=O)Nc1ccccc1)N1CCC(C(=O)Nc2ccccc2O)CC1. The Labute approximate surface area is 159 Å². The smallest absolute Gasteiger partial charge is 0.241 e. The maximum absolute atomic E-state index is 12.5. The van der Waals surface area contributed by atoms with E-state index >= 15 is 0 Å². The van der Waals surface area contributed by atoms with Gasteiger partial charge >= 0.3 is 0 Å². The predicted octanol–water partition coefficient (Wildman–Crippen LogP) is 3.07. The molecule has 0 saturated carbocycles. The molecule has 3 N–H and O–H groups in total. The first-order valence-electron chi connectivity index (χ1n) is 9.23. The number of likely N-dealkylation sites (tertiary alicyclic amines) is 1. The van der Waals surface area contributed by atoms with Crippen LogP contribution in [-0.2, 0) is 9.59 Å². The van der Waals surface area contributed by atoms with Crippen molar-refractivity contribution in [1.82, 2.24) is 4.90 Å². The summed E-state index contributed by atoms with van der Waals surface area (Å²) in [5.74, 6) is -0.185. The largest absolute Gasteiger partial charge is 0.506 e. The van der Waals surface area contributed by atoms with Crippen molar-refractivity contribution in [2.45, 2.75) is 25.8 Å². The van der Waals surface area contributed by atoms with Crippen molar-refractivity contribution < 1.29 is 14.7 Å². The van der Waals surface area contributed by atoms with Crippen molar-refractivity contribution >= 4 is 23.2 Å². The average Bonchev–Trinajstić information content (AvgIpc) is 2.70.